The Balaban J connectivity index is 1.49. The summed E-state index contributed by atoms with van der Waals surface area (Å²) in [6.45, 7) is 2.09. The monoisotopic (exact) mass is 510 g/mol. The maximum absolute atomic E-state index is 13.1. The Kier molecular flexibility index (Phi) is 7.58. The minimum absolute atomic E-state index is 0.167. The molecule has 0 aliphatic rings. The molecule has 2 heterocycles. The smallest absolute Gasteiger partial charge is 0.380 e. The van der Waals surface area contributed by atoms with Gasteiger partial charge in [-0.25, -0.2) is 0 Å². The number of aromatic nitrogens is 2. The van der Waals surface area contributed by atoms with Gasteiger partial charge in [-0.05, 0) is 54.4 Å². The molecule has 4 aromatic rings. The number of benzene rings is 2. The number of hydrogen-bond acceptors (Lipinski definition) is 5. The third-order valence-corrected chi connectivity index (χ3v) is 5.83. The largest absolute Gasteiger partial charge is 0.433 e. The summed E-state index contributed by atoms with van der Waals surface area (Å²) in [6, 6.07) is 16.0. The fourth-order valence-electron chi connectivity index (χ4n) is 3.92. The molecule has 0 radical (unpaired) electrons. The van der Waals surface area contributed by atoms with Gasteiger partial charge in [-0.2, -0.15) is 13.2 Å². The molecule has 2 N–H and O–H groups in total. The first-order chi connectivity index (χ1) is 17.7. The minimum atomic E-state index is -4.50. The molecule has 0 saturated heterocycles. The van der Waals surface area contributed by atoms with Crippen LogP contribution in [0.3, 0.4) is 0 Å². The number of amides is 1. The summed E-state index contributed by atoms with van der Waals surface area (Å²) in [5, 5.41) is 7.04. The normalized spacial score (nSPS) is 12.4. The molecular formula is C27H25F3N4O3. The summed E-state index contributed by atoms with van der Waals surface area (Å²) in [4.78, 5) is 29.2. The van der Waals surface area contributed by atoms with Crippen LogP contribution < -0.4 is 16.2 Å². The topological polar surface area (TPSA) is 85.2 Å². The molecule has 1 atom stereocenters. The van der Waals surface area contributed by atoms with E-state index in [0.29, 0.717) is 34.3 Å². The van der Waals surface area contributed by atoms with Gasteiger partial charge in [-0.15, -0.1) is 0 Å². The minimum Gasteiger partial charge on any atom is -0.380 e. The number of anilines is 2. The average Bonchev–Trinajstić information content (AvgIpc) is 2.87. The predicted molar refractivity (Wildman–Crippen MR) is 135 cm³/mol. The van der Waals surface area contributed by atoms with Crippen LogP contribution in [0.25, 0.3) is 10.8 Å². The van der Waals surface area contributed by atoms with Crippen LogP contribution in [0.4, 0.5) is 24.5 Å². The van der Waals surface area contributed by atoms with Crippen molar-refractivity contribution >= 4 is 28.1 Å². The van der Waals surface area contributed by atoms with Crippen molar-refractivity contribution < 1.29 is 22.7 Å². The zero-order valence-corrected chi connectivity index (χ0v) is 20.2. The summed E-state index contributed by atoms with van der Waals surface area (Å²) in [5.74, 6) is -0.348. The van der Waals surface area contributed by atoms with Crippen molar-refractivity contribution in [1.82, 2.24) is 9.55 Å². The quantitative estimate of drug-likeness (QED) is 0.333. The second kappa shape index (κ2) is 10.8. The molecular weight excluding hydrogens is 485 g/mol. The summed E-state index contributed by atoms with van der Waals surface area (Å²) in [5.41, 5.74) is 1.48. The highest BCUT2D eigenvalue weighted by Gasteiger charge is 2.32. The van der Waals surface area contributed by atoms with E-state index in [4.69, 9.17) is 4.74 Å². The number of fused-ring (bicyclic) bond motifs is 1. The Morgan fingerprint density at radius 1 is 1.05 bits per heavy atom. The maximum Gasteiger partial charge on any atom is 0.433 e. The van der Waals surface area contributed by atoms with E-state index in [-0.39, 0.29) is 24.1 Å². The first-order valence-electron chi connectivity index (χ1n) is 11.5. The molecule has 0 bridgehead atoms. The SMILES string of the molecule is COCc1ccc(NC(=O)Cn2ccc3c(NC(C)c4ccc(C(F)(F)F)nc4)cccc3c2=O)cc1. The van der Waals surface area contributed by atoms with Crippen molar-refractivity contribution in [2.45, 2.75) is 32.3 Å². The van der Waals surface area contributed by atoms with E-state index >= 15 is 0 Å². The van der Waals surface area contributed by atoms with Crippen molar-refractivity contribution in [3.8, 4) is 0 Å². The van der Waals surface area contributed by atoms with Crippen molar-refractivity contribution in [2.24, 2.45) is 0 Å². The first kappa shape index (κ1) is 25.9. The van der Waals surface area contributed by atoms with E-state index in [9.17, 15) is 22.8 Å². The van der Waals surface area contributed by atoms with E-state index in [1.807, 2.05) is 12.1 Å². The summed E-state index contributed by atoms with van der Waals surface area (Å²) in [6.07, 6.45) is -1.78. The highest BCUT2D eigenvalue weighted by atomic mass is 19.4. The number of hydrogen-bond donors (Lipinski definition) is 2. The zero-order valence-electron chi connectivity index (χ0n) is 20.2. The molecule has 192 valence electrons. The van der Waals surface area contributed by atoms with Gasteiger partial charge in [-0.1, -0.05) is 24.3 Å². The van der Waals surface area contributed by atoms with Crippen LogP contribution in [0.2, 0.25) is 0 Å². The molecule has 2 aromatic carbocycles. The van der Waals surface area contributed by atoms with Gasteiger partial charge in [0.1, 0.15) is 12.2 Å². The Labute approximate surface area is 210 Å². The summed E-state index contributed by atoms with van der Waals surface area (Å²) in [7, 11) is 1.60. The number of carbonyl (C=O) groups excluding carboxylic acids is 1. The van der Waals surface area contributed by atoms with Crippen LogP contribution in [0.5, 0.6) is 0 Å². The molecule has 4 rings (SSSR count). The number of halogens is 3. The molecule has 0 aliphatic heterocycles. The van der Waals surface area contributed by atoms with E-state index in [1.165, 1.54) is 16.8 Å². The van der Waals surface area contributed by atoms with Gasteiger partial charge in [0.05, 0.1) is 12.6 Å². The Hall–Kier alpha value is -4.18. The van der Waals surface area contributed by atoms with Crippen LogP contribution in [-0.4, -0.2) is 22.6 Å². The lowest BCUT2D eigenvalue weighted by atomic mass is 10.1. The molecule has 7 nitrogen and oxygen atoms in total. The molecule has 0 spiro atoms. The number of carbonyl (C=O) groups is 1. The number of rotatable bonds is 8. The predicted octanol–water partition coefficient (Wildman–Crippen LogP) is 5.37. The maximum atomic E-state index is 13.1. The molecule has 0 saturated carbocycles. The molecule has 1 amide bonds. The number of nitrogens with zero attached hydrogens (tertiary/aromatic N) is 2. The van der Waals surface area contributed by atoms with E-state index in [0.717, 1.165) is 11.6 Å². The van der Waals surface area contributed by atoms with Crippen molar-refractivity contribution in [3.05, 3.63) is 100 Å². The number of methoxy groups -OCH3 is 1. The molecule has 2 aromatic heterocycles. The molecule has 0 aliphatic carbocycles. The summed E-state index contributed by atoms with van der Waals surface area (Å²) < 4.78 is 44.8. The molecule has 0 fully saturated rings. The second-order valence-corrected chi connectivity index (χ2v) is 8.53. The van der Waals surface area contributed by atoms with Gasteiger partial charge < -0.3 is 19.9 Å². The fourth-order valence-corrected chi connectivity index (χ4v) is 3.92. The van der Waals surface area contributed by atoms with E-state index in [1.54, 1.807) is 56.6 Å². The fraction of sp³-hybridized carbons (Fsp3) is 0.222. The van der Waals surface area contributed by atoms with Gasteiger partial charge in [0.25, 0.3) is 5.56 Å². The van der Waals surface area contributed by atoms with Crippen molar-refractivity contribution in [1.29, 1.82) is 0 Å². The lowest BCUT2D eigenvalue weighted by Gasteiger charge is -2.18. The van der Waals surface area contributed by atoms with E-state index in [2.05, 4.69) is 15.6 Å². The average molecular weight is 511 g/mol. The number of alkyl halides is 3. The highest BCUT2D eigenvalue weighted by molar-refractivity contribution is 5.94. The molecule has 37 heavy (non-hydrogen) atoms. The van der Waals surface area contributed by atoms with Gasteiger partial charge >= 0.3 is 6.18 Å². The molecule has 10 heteroatoms. The Morgan fingerprint density at radius 2 is 1.81 bits per heavy atom. The third kappa shape index (κ3) is 6.15. The highest BCUT2D eigenvalue weighted by Crippen LogP contribution is 2.29. The first-order valence-corrected chi connectivity index (χ1v) is 11.5. The number of nitrogens with one attached hydrogen (secondary N) is 2. The van der Waals surface area contributed by atoms with Crippen molar-refractivity contribution in [2.75, 3.05) is 17.7 Å². The van der Waals surface area contributed by atoms with Crippen LogP contribution >= 0.6 is 0 Å². The summed E-state index contributed by atoms with van der Waals surface area (Å²) >= 11 is 0. The Morgan fingerprint density at radius 3 is 2.46 bits per heavy atom. The lowest BCUT2D eigenvalue weighted by molar-refractivity contribution is -0.141. The lowest BCUT2D eigenvalue weighted by Crippen LogP contribution is -2.27. The zero-order chi connectivity index (χ0) is 26.6. The Bertz CT molecular complexity index is 1450. The van der Waals surface area contributed by atoms with Crippen LogP contribution in [-0.2, 0) is 28.9 Å². The van der Waals surface area contributed by atoms with Gasteiger partial charge in [-0.3, -0.25) is 14.6 Å². The van der Waals surface area contributed by atoms with Crippen LogP contribution in [0.1, 0.15) is 29.8 Å². The van der Waals surface area contributed by atoms with Gasteiger partial charge in [0, 0.05) is 41.7 Å². The van der Waals surface area contributed by atoms with E-state index < -0.39 is 11.9 Å². The number of pyridine rings is 2. The third-order valence-electron chi connectivity index (χ3n) is 5.83. The van der Waals surface area contributed by atoms with Crippen LogP contribution in [0.15, 0.2) is 77.9 Å². The van der Waals surface area contributed by atoms with Crippen molar-refractivity contribution in [3.63, 3.8) is 0 Å². The molecule has 1 unspecified atom stereocenters. The standard InChI is InChI=1S/C27H25F3N4O3/c1-17(19-8-11-24(31-14-19)27(28,29)30)32-23-5-3-4-22-21(23)12-13-34(26(22)36)15-25(35)33-20-9-6-18(7-10-20)16-37-2/h3-14,17,32H,15-16H2,1-2H3,(H,33,35). The van der Waals surface area contributed by atoms with Crippen LogP contribution in [0, 0.1) is 0 Å². The van der Waals surface area contributed by atoms with Gasteiger partial charge in [0.2, 0.25) is 5.91 Å². The number of ether oxygens (including phenoxy) is 1. The van der Waals surface area contributed by atoms with Gasteiger partial charge in [0.15, 0.2) is 0 Å². The second-order valence-electron chi connectivity index (χ2n) is 8.53.